The molecule has 3 heterocycles. The van der Waals surface area contributed by atoms with Crippen LogP contribution in [0.1, 0.15) is 35.2 Å². The summed E-state index contributed by atoms with van der Waals surface area (Å²) in [5, 5.41) is 17.9. The highest BCUT2D eigenvalue weighted by atomic mass is 19.4. The van der Waals surface area contributed by atoms with Crippen LogP contribution < -0.4 is 24.4 Å². The van der Waals surface area contributed by atoms with Gasteiger partial charge < -0.3 is 34.3 Å². The van der Waals surface area contributed by atoms with E-state index < -0.39 is 18.1 Å². The number of alkyl halides is 3. The summed E-state index contributed by atoms with van der Waals surface area (Å²) in [6.45, 7) is 4.93. The van der Waals surface area contributed by atoms with Crippen LogP contribution in [0, 0.1) is 5.41 Å². The monoisotopic (exact) mass is 536 g/mol. The molecule has 38 heavy (non-hydrogen) atoms. The van der Waals surface area contributed by atoms with Gasteiger partial charge in [0.05, 0.1) is 18.7 Å². The van der Waals surface area contributed by atoms with E-state index in [1.807, 2.05) is 11.0 Å². The molecule has 2 N–H and O–H groups in total. The number of anilines is 1. The van der Waals surface area contributed by atoms with E-state index >= 15 is 0 Å². The Morgan fingerprint density at radius 2 is 1.63 bits per heavy atom. The number of halogens is 3. The predicted octanol–water partition coefficient (Wildman–Crippen LogP) is 1.06. The standard InChI is InChI=1S/C24H26N2O5.C2HF3O2/c27-22-14-24(16-26(22)19-4-2-18(3-5-19)23(28)29)7-9-25(10-8-24)15-17-1-6-20-21(13-17)31-12-11-30-20;3-2(4,5)1(6)7/h1-6,13H,7-12,14-16H2,(H,28,29);(H,6,7). The fraction of sp³-hybridized carbons (Fsp3) is 0.423. The van der Waals surface area contributed by atoms with E-state index in [-0.39, 0.29) is 16.9 Å². The number of nitrogens with zero attached hydrogens (tertiary/aromatic N) is 1. The Morgan fingerprint density at radius 1 is 1.03 bits per heavy atom. The van der Waals surface area contributed by atoms with Gasteiger partial charge in [0.2, 0.25) is 5.91 Å². The second kappa shape index (κ2) is 10.9. The molecule has 0 aliphatic carbocycles. The summed E-state index contributed by atoms with van der Waals surface area (Å²) in [4.78, 5) is 36.0. The van der Waals surface area contributed by atoms with E-state index in [4.69, 9.17) is 24.5 Å². The number of nitrogens with one attached hydrogen (secondary N) is 1. The van der Waals surface area contributed by atoms with Crippen molar-refractivity contribution >= 4 is 23.5 Å². The summed E-state index contributed by atoms with van der Waals surface area (Å²) < 4.78 is 42.9. The number of carbonyl (C=O) groups excluding carboxylic acids is 2. The van der Waals surface area contributed by atoms with Gasteiger partial charge in [-0.2, -0.15) is 13.2 Å². The number of ether oxygens (including phenoxy) is 2. The van der Waals surface area contributed by atoms with Crippen LogP contribution in [0.2, 0.25) is 0 Å². The number of carboxylic acids is 2. The molecule has 0 aromatic heterocycles. The molecular weight excluding hydrogens is 509 g/mol. The molecule has 5 rings (SSSR count). The Kier molecular flexibility index (Phi) is 7.81. The first-order chi connectivity index (χ1) is 18.0. The smallest absolute Gasteiger partial charge is 0.430 e. The van der Waals surface area contributed by atoms with Gasteiger partial charge in [0.25, 0.3) is 0 Å². The molecule has 2 saturated heterocycles. The lowest BCUT2D eigenvalue weighted by atomic mass is 9.77. The van der Waals surface area contributed by atoms with E-state index in [0.29, 0.717) is 19.6 Å². The maximum absolute atomic E-state index is 12.8. The van der Waals surface area contributed by atoms with Gasteiger partial charge in [0.1, 0.15) is 25.7 Å². The highest BCUT2D eigenvalue weighted by Crippen LogP contribution is 2.40. The number of quaternary nitrogens is 1. The number of likely N-dealkylation sites (tertiary alicyclic amines) is 1. The van der Waals surface area contributed by atoms with Crippen LogP contribution in [0.5, 0.6) is 11.5 Å². The number of aliphatic carboxylic acids is 1. The first-order valence-corrected chi connectivity index (χ1v) is 12.1. The van der Waals surface area contributed by atoms with Crippen molar-refractivity contribution < 1.29 is 52.1 Å². The van der Waals surface area contributed by atoms with Gasteiger partial charge in [0.15, 0.2) is 11.5 Å². The Hall–Kier alpha value is -3.80. The van der Waals surface area contributed by atoms with E-state index in [1.54, 1.807) is 24.3 Å². The molecule has 0 saturated carbocycles. The highest BCUT2D eigenvalue weighted by Gasteiger charge is 2.46. The third kappa shape index (κ3) is 6.36. The summed E-state index contributed by atoms with van der Waals surface area (Å²) in [5.41, 5.74) is 2.30. The van der Waals surface area contributed by atoms with Crippen LogP contribution in [-0.4, -0.2) is 62.0 Å². The molecule has 0 unspecified atom stereocenters. The second-order valence-electron chi connectivity index (χ2n) is 9.70. The number of piperidine rings is 1. The topological polar surface area (TPSA) is 121 Å². The first kappa shape index (κ1) is 27.2. The van der Waals surface area contributed by atoms with E-state index in [9.17, 15) is 22.8 Å². The fourth-order valence-electron chi connectivity index (χ4n) is 5.05. The van der Waals surface area contributed by atoms with Crippen molar-refractivity contribution in [1.29, 1.82) is 0 Å². The van der Waals surface area contributed by atoms with Gasteiger partial charge in [-0.1, -0.05) is 0 Å². The van der Waals surface area contributed by atoms with Gasteiger partial charge in [-0.15, -0.1) is 0 Å². The van der Waals surface area contributed by atoms with Crippen molar-refractivity contribution in [2.45, 2.75) is 32.0 Å². The zero-order valence-corrected chi connectivity index (χ0v) is 20.4. The Balaban J connectivity index is 0.000000426. The zero-order valence-electron chi connectivity index (χ0n) is 20.4. The molecule has 12 heteroatoms. The summed E-state index contributed by atoms with van der Waals surface area (Å²) in [6.07, 6.45) is -2.59. The van der Waals surface area contributed by atoms with Crippen LogP contribution in [0.25, 0.3) is 0 Å². The van der Waals surface area contributed by atoms with Crippen LogP contribution in [0.15, 0.2) is 42.5 Å². The van der Waals surface area contributed by atoms with Gasteiger partial charge in [-0.3, -0.25) is 4.79 Å². The molecular formula is C26H27F3N2O7. The number of amides is 1. The molecule has 3 aliphatic rings. The lowest BCUT2D eigenvalue weighted by Gasteiger charge is -2.36. The molecule has 204 valence electrons. The van der Waals surface area contributed by atoms with Crippen molar-refractivity contribution in [2.75, 3.05) is 37.7 Å². The lowest BCUT2D eigenvalue weighted by Crippen LogP contribution is -3.12. The third-order valence-electron chi connectivity index (χ3n) is 7.06. The average Bonchev–Trinajstić information content (AvgIpc) is 3.21. The van der Waals surface area contributed by atoms with Gasteiger partial charge in [-0.25, -0.2) is 4.79 Å². The number of benzene rings is 2. The molecule has 0 atom stereocenters. The number of hydrogen-bond acceptors (Lipinski definition) is 6. The molecule has 2 aromatic rings. The van der Waals surface area contributed by atoms with E-state index in [2.05, 4.69) is 12.1 Å². The quantitative estimate of drug-likeness (QED) is 0.600. The van der Waals surface area contributed by atoms with E-state index in [0.717, 1.165) is 56.2 Å². The summed E-state index contributed by atoms with van der Waals surface area (Å²) in [6, 6.07) is 12.8. The molecule has 0 bridgehead atoms. The molecule has 1 spiro atoms. The highest BCUT2D eigenvalue weighted by molar-refractivity contribution is 5.97. The average molecular weight is 537 g/mol. The van der Waals surface area contributed by atoms with Crippen molar-refractivity contribution in [2.24, 2.45) is 5.41 Å². The fourth-order valence-corrected chi connectivity index (χ4v) is 5.05. The predicted molar refractivity (Wildman–Crippen MR) is 125 cm³/mol. The van der Waals surface area contributed by atoms with Crippen LogP contribution in [0.4, 0.5) is 18.9 Å². The van der Waals surface area contributed by atoms with Gasteiger partial charge in [0, 0.05) is 42.5 Å². The van der Waals surface area contributed by atoms with Crippen molar-refractivity contribution in [3.05, 3.63) is 53.6 Å². The number of aromatic carboxylic acids is 1. The maximum Gasteiger partial charge on any atom is 0.430 e. The summed E-state index contributed by atoms with van der Waals surface area (Å²) in [7, 11) is 0. The number of carboxylic acid groups (broad SMARTS) is 2. The third-order valence-corrected chi connectivity index (χ3v) is 7.06. The Labute approximate surface area is 216 Å². The number of rotatable bonds is 4. The first-order valence-electron chi connectivity index (χ1n) is 12.1. The Bertz CT molecular complexity index is 1190. The van der Waals surface area contributed by atoms with Crippen molar-refractivity contribution in [3.63, 3.8) is 0 Å². The molecule has 2 aromatic carbocycles. The minimum Gasteiger partial charge on any atom is -0.542 e. The van der Waals surface area contributed by atoms with Gasteiger partial charge in [-0.05, 0) is 42.5 Å². The molecule has 1 amide bonds. The molecule has 3 aliphatic heterocycles. The molecule has 2 fully saturated rings. The lowest BCUT2D eigenvalue weighted by molar-refractivity contribution is -0.921. The number of fused-ring (bicyclic) bond motifs is 1. The van der Waals surface area contributed by atoms with Crippen LogP contribution in [0.3, 0.4) is 0 Å². The summed E-state index contributed by atoms with van der Waals surface area (Å²) in [5.74, 6) is -2.17. The largest absolute Gasteiger partial charge is 0.542 e. The van der Waals surface area contributed by atoms with Crippen molar-refractivity contribution in [3.8, 4) is 11.5 Å². The van der Waals surface area contributed by atoms with E-state index in [1.165, 1.54) is 10.5 Å². The Morgan fingerprint density at radius 3 is 2.21 bits per heavy atom. The molecule has 9 nitrogen and oxygen atoms in total. The number of carbonyl (C=O) groups is 3. The second-order valence-corrected chi connectivity index (χ2v) is 9.70. The van der Waals surface area contributed by atoms with Crippen LogP contribution in [-0.2, 0) is 16.1 Å². The minimum absolute atomic E-state index is 0.0266. The SMILES string of the molecule is O=C(O)c1ccc(N2CC3(CC[NH+](Cc4ccc5c(c4)OCCO5)CC3)CC2=O)cc1.O=C([O-])C(F)(F)F. The minimum atomic E-state index is -5.19. The van der Waals surface area contributed by atoms with Crippen LogP contribution >= 0.6 is 0 Å². The summed E-state index contributed by atoms with van der Waals surface area (Å²) >= 11 is 0. The normalized spacial score (nSPS) is 22.6. The van der Waals surface area contributed by atoms with Crippen molar-refractivity contribution in [1.82, 2.24) is 0 Å². The molecule has 0 radical (unpaired) electrons. The van der Waals surface area contributed by atoms with Gasteiger partial charge >= 0.3 is 12.1 Å². The maximum atomic E-state index is 12.8. The zero-order chi connectivity index (χ0) is 27.5. The number of hydrogen-bond donors (Lipinski definition) is 2.